The Balaban J connectivity index is 1.30. The molecule has 0 radical (unpaired) electrons. The SMILES string of the molecule is C=C(CC1CCC(c2cc(N)n[nH]2)C1)NC12CC1C2. The van der Waals surface area contributed by atoms with Crippen LogP contribution in [0.3, 0.4) is 0 Å². The van der Waals surface area contributed by atoms with Crippen molar-refractivity contribution in [3.05, 3.63) is 24.0 Å². The minimum absolute atomic E-state index is 0.521. The van der Waals surface area contributed by atoms with Crippen LogP contribution in [0.15, 0.2) is 18.3 Å². The quantitative estimate of drug-likeness (QED) is 0.760. The number of anilines is 1. The summed E-state index contributed by atoms with van der Waals surface area (Å²) in [5, 5.41) is 10.8. The van der Waals surface area contributed by atoms with Gasteiger partial charge in [-0.1, -0.05) is 6.58 Å². The zero-order valence-corrected chi connectivity index (χ0v) is 11.3. The lowest BCUT2D eigenvalue weighted by Crippen LogP contribution is -2.22. The molecule has 4 N–H and O–H groups in total. The predicted molar refractivity (Wildman–Crippen MR) is 75.4 cm³/mol. The summed E-state index contributed by atoms with van der Waals surface area (Å²) in [5.74, 6) is 2.96. The first-order chi connectivity index (χ1) is 9.14. The van der Waals surface area contributed by atoms with Crippen molar-refractivity contribution in [1.82, 2.24) is 15.5 Å². The van der Waals surface area contributed by atoms with Gasteiger partial charge in [-0.2, -0.15) is 5.10 Å². The number of allylic oxidation sites excluding steroid dienone is 1. The largest absolute Gasteiger partial charge is 0.383 e. The molecular formula is C15H22N4. The third kappa shape index (κ3) is 2.03. The number of nitrogens with two attached hydrogens (primary N) is 1. The first-order valence-electron chi connectivity index (χ1n) is 7.41. The summed E-state index contributed by atoms with van der Waals surface area (Å²) in [6.07, 6.45) is 7.67. The second-order valence-electron chi connectivity index (χ2n) is 6.82. The number of aromatic amines is 1. The van der Waals surface area contributed by atoms with Gasteiger partial charge in [0.05, 0.1) is 0 Å². The summed E-state index contributed by atoms with van der Waals surface area (Å²) in [7, 11) is 0. The van der Waals surface area contributed by atoms with Crippen molar-refractivity contribution < 1.29 is 0 Å². The van der Waals surface area contributed by atoms with Gasteiger partial charge in [0.1, 0.15) is 5.82 Å². The Bertz CT molecular complexity index is 512. The molecule has 4 rings (SSSR count). The van der Waals surface area contributed by atoms with Crippen molar-refractivity contribution >= 4 is 5.82 Å². The van der Waals surface area contributed by atoms with E-state index in [4.69, 9.17) is 5.73 Å². The van der Waals surface area contributed by atoms with Crippen molar-refractivity contribution in [2.75, 3.05) is 5.73 Å². The molecule has 3 aliphatic rings. The van der Waals surface area contributed by atoms with E-state index >= 15 is 0 Å². The molecule has 1 aromatic heterocycles. The maximum Gasteiger partial charge on any atom is 0.145 e. The Kier molecular flexibility index (Phi) is 2.26. The number of H-pyrrole nitrogens is 1. The Hall–Kier alpha value is -1.45. The zero-order valence-electron chi connectivity index (χ0n) is 11.3. The smallest absolute Gasteiger partial charge is 0.145 e. The van der Waals surface area contributed by atoms with Crippen molar-refractivity contribution in [2.24, 2.45) is 11.8 Å². The van der Waals surface area contributed by atoms with E-state index in [2.05, 4.69) is 22.1 Å². The van der Waals surface area contributed by atoms with Crippen LogP contribution in [0.2, 0.25) is 0 Å². The van der Waals surface area contributed by atoms with Crippen molar-refractivity contribution in [1.29, 1.82) is 0 Å². The third-order valence-corrected chi connectivity index (χ3v) is 5.24. The molecule has 3 aliphatic carbocycles. The van der Waals surface area contributed by atoms with Gasteiger partial charge in [-0.25, -0.2) is 0 Å². The molecule has 4 heteroatoms. The summed E-state index contributed by atoms with van der Waals surface area (Å²) in [5.41, 5.74) is 8.67. The Morgan fingerprint density at radius 1 is 1.53 bits per heavy atom. The van der Waals surface area contributed by atoms with Gasteiger partial charge < -0.3 is 11.1 Å². The molecular weight excluding hydrogens is 236 g/mol. The number of nitrogen functional groups attached to an aromatic ring is 1. The number of fused-ring (bicyclic) bond motifs is 1. The molecule has 3 fully saturated rings. The van der Waals surface area contributed by atoms with Gasteiger partial charge in [-0.15, -0.1) is 0 Å². The van der Waals surface area contributed by atoms with E-state index in [1.54, 1.807) is 0 Å². The van der Waals surface area contributed by atoms with Gasteiger partial charge in [0, 0.05) is 28.9 Å². The standard InChI is InChI=1S/C15H22N4/c1-9(17-15-7-12(15)8-15)4-10-2-3-11(5-10)13-6-14(16)19-18-13/h6,10-12,17H,1-5,7-8H2,(H3,16,18,19). The molecule has 0 aromatic carbocycles. The predicted octanol–water partition coefficient (Wildman–Crippen LogP) is 2.53. The van der Waals surface area contributed by atoms with E-state index in [1.807, 2.05) is 6.07 Å². The molecule has 102 valence electrons. The van der Waals surface area contributed by atoms with E-state index in [0.717, 1.165) is 18.3 Å². The van der Waals surface area contributed by atoms with Crippen LogP contribution in [-0.4, -0.2) is 15.7 Å². The van der Waals surface area contributed by atoms with Gasteiger partial charge in [-0.05, 0) is 50.4 Å². The molecule has 2 atom stereocenters. The van der Waals surface area contributed by atoms with Gasteiger partial charge >= 0.3 is 0 Å². The number of hydrogen-bond acceptors (Lipinski definition) is 3. The van der Waals surface area contributed by atoms with Crippen molar-refractivity contribution in [3.8, 4) is 0 Å². The highest BCUT2D eigenvalue weighted by molar-refractivity contribution is 5.31. The molecule has 19 heavy (non-hydrogen) atoms. The second-order valence-corrected chi connectivity index (χ2v) is 6.82. The number of nitrogens with zero attached hydrogens (tertiary/aromatic N) is 1. The zero-order chi connectivity index (χ0) is 13.0. The summed E-state index contributed by atoms with van der Waals surface area (Å²) in [6, 6.07) is 1.98. The maximum atomic E-state index is 5.68. The lowest BCUT2D eigenvalue weighted by Gasteiger charge is -2.16. The summed E-state index contributed by atoms with van der Waals surface area (Å²) < 4.78 is 0. The highest BCUT2D eigenvalue weighted by atomic mass is 15.2. The fraction of sp³-hybridized carbons (Fsp3) is 0.667. The molecule has 0 amide bonds. The van der Waals surface area contributed by atoms with Crippen molar-refractivity contribution in [3.63, 3.8) is 0 Å². The first-order valence-corrected chi connectivity index (χ1v) is 7.41. The first kappa shape index (κ1) is 11.4. The van der Waals surface area contributed by atoms with Crippen LogP contribution in [-0.2, 0) is 0 Å². The fourth-order valence-corrected chi connectivity index (χ4v) is 3.76. The third-order valence-electron chi connectivity index (χ3n) is 5.24. The van der Waals surface area contributed by atoms with Gasteiger partial charge in [0.15, 0.2) is 0 Å². The van der Waals surface area contributed by atoms with Gasteiger partial charge in [0.2, 0.25) is 0 Å². The minimum atomic E-state index is 0.521. The van der Waals surface area contributed by atoms with E-state index in [1.165, 1.54) is 43.5 Å². The van der Waals surface area contributed by atoms with Gasteiger partial charge in [-0.3, -0.25) is 5.10 Å². The molecule has 0 aliphatic heterocycles. The second kappa shape index (κ2) is 3.78. The normalized spacial score (nSPS) is 38.8. The lowest BCUT2D eigenvalue weighted by molar-refractivity contribution is 0.501. The fourth-order valence-electron chi connectivity index (χ4n) is 3.76. The van der Waals surface area contributed by atoms with Crippen LogP contribution < -0.4 is 11.1 Å². The highest BCUT2D eigenvalue weighted by Gasteiger charge is 2.70. The molecule has 3 saturated carbocycles. The Morgan fingerprint density at radius 3 is 2.95 bits per heavy atom. The van der Waals surface area contributed by atoms with E-state index in [9.17, 15) is 0 Å². The molecule has 0 spiro atoms. The molecule has 1 aromatic rings. The number of rotatable bonds is 5. The molecule has 4 nitrogen and oxygen atoms in total. The number of aromatic nitrogens is 2. The van der Waals surface area contributed by atoms with Crippen LogP contribution in [0.4, 0.5) is 5.82 Å². The van der Waals surface area contributed by atoms with Crippen LogP contribution >= 0.6 is 0 Å². The van der Waals surface area contributed by atoms with Crippen LogP contribution in [0, 0.1) is 11.8 Å². The monoisotopic (exact) mass is 258 g/mol. The number of nitrogens with one attached hydrogen (secondary N) is 2. The maximum absolute atomic E-state index is 5.68. The Labute approximate surface area is 113 Å². The van der Waals surface area contributed by atoms with Crippen molar-refractivity contribution in [2.45, 2.75) is 50.0 Å². The van der Waals surface area contributed by atoms with E-state index in [-0.39, 0.29) is 0 Å². The van der Waals surface area contributed by atoms with Crippen LogP contribution in [0.5, 0.6) is 0 Å². The highest BCUT2D eigenvalue weighted by Crippen LogP contribution is 2.67. The van der Waals surface area contributed by atoms with E-state index < -0.39 is 0 Å². The molecule has 0 saturated heterocycles. The summed E-state index contributed by atoms with van der Waals surface area (Å²) in [4.78, 5) is 0. The molecule has 1 heterocycles. The average Bonchev–Trinajstić information content (AvgIpc) is 2.99. The van der Waals surface area contributed by atoms with E-state index in [0.29, 0.717) is 17.3 Å². The molecule has 2 unspecified atom stereocenters. The van der Waals surface area contributed by atoms with Gasteiger partial charge in [0.25, 0.3) is 0 Å². The summed E-state index contributed by atoms with van der Waals surface area (Å²) >= 11 is 0. The number of hydrogen-bond donors (Lipinski definition) is 3. The molecule has 0 bridgehead atoms. The summed E-state index contributed by atoms with van der Waals surface area (Å²) in [6.45, 7) is 4.22. The average molecular weight is 258 g/mol. The van der Waals surface area contributed by atoms with Crippen LogP contribution in [0.1, 0.15) is 50.1 Å². The minimum Gasteiger partial charge on any atom is -0.383 e. The topological polar surface area (TPSA) is 66.7 Å². The Morgan fingerprint density at radius 2 is 2.32 bits per heavy atom. The lowest BCUT2D eigenvalue weighted by atomic mass is 9.98. The van der Waals surface area contributed by atoms with Crippen LogP contribution in [0.25, 0.3) is 0 Å².